The average Bonchev–Trinajstić information content (AvgIpc) is 1.78. The Morgan fingerprint density at radius 1 is 1.40 bits per heavy atom. The minimum absolute atomic E-state index is 0.123. The molecule has 0 spiro atoms. The molecule has 0 fully saturated rings. The minimum Gasteiger partial charge on any atom is -0.360 e. The molecule has 0 aromatic heterocycles. The van der Waals surface area contributed by atoms with Crippen LogP contribution in [0.5, 0.6) is 0 Å². The van der Waals surface area contributed by atoms with E-state index in [0.29, 0.717) is 0 Å². The third-order valence-electron chi connectivity index (χ3n) is 0.936. The van der Waals surface area contributed by atoms with Crippen molar-refractivity contribution in [2.45, 2.75) is 13.1 Å². The van der Waals surface area contributed by atoms with E-state index in [0.717, 1.165) is 10.4 Å². The fraction of sp³-hybridized carbons (Fsp3) is 1.00. The van der Waals surface area contributed by atoms with E-state index in [2.05, 4.69) is 27.0 Å². The largest absolute Gasteiger partial charge is 0.360 e. The van der Waals surface area contributed by atoms with E-state index in [4.69, 9.17) is 11.1 Å². The summed E-state index contributed by atoms with van der Waals surface area (Å²) >= 11 is 6.04. The lowest BCUT2D eigenvalue weighted by Crippen LogP contribution is -2.50. The summed E-state index contributed by atoms with van der Waals surface area (Å²) in [7, 11) is -0.738. The highest BCUT2D eigenvalue weighted by atomic mass is 35.6. The summed E-state index contributed by atoms with van der Waals surface area (Å²) in [5.74, 6) is 0. The molecule has 0 unspecified atom stereocenters. The Kier molecular flexibility index (Phi) is 6.24. The minimum atomic E-state index is -1.48. The van der Waals surface area contributed by atoms with E-state index in [1.807, 2.05) is 0 Å². The molecule has 0 aromatic rings. The van der Waals surface area contributed by atoms with Gasteiger partial charge in [-0.05, 0) is 13.1 Å². The van der Waals surface area contributed by atoms with Crippen LogP contribution in [0, 0.1) is 0 Å². The Morgan fingerprint density at radius 2 is 2.00 bits per heavy atom. The van der Waals surface area contributed by atoms with Crippen LogP contribution < -0.4 is 13.9 Å². The first-order valence-electron chi connectivity index (χ1n) is 3.35. The topological polar surface area (TPSA) is 36.1 Å². The van der Waals surface area contributed by atoms with Crippen LogP contribution in [0.2, 0.25) is 13.1 Å². The summed E-state index contributed by atoms with van der Waals surface area (Å²) in [6.07, 6.45) is 0. The van der Waals surface area contributed by atoms with Crippen LogP contribution in [0.4, 0.5) is 0 Å². The molecular weight excluding hydrogens is 214 g/mol. The van der Waals surface area contributed by atoms with E-state index >= 15 is 0 Å². The van der Waals surface area contributed by atoms with Crippen molar-refractivity contribution in [1.29, 1.82) is 0 Å². The molecule has 8 heteroatoms. The smallest absolute Gasteiger partial charge is 0.214 e. The first-order chi connectivity index (χ1) is 4.56. The Hall–Kier alpha value is 1.04. The van der Waals surface area contributed by atoms with Crippen molar-refractivity contribution >= 4 is 48.7 Å². The van der Waals surface area contributed by atoms with E-state index < -0.39 is 7.55 Å². The summed E-state index contributed by atoms with van der Waals surface area (Å²) in [5.41, 5.74) is 0. The molecule has 0 bridgehead atoms. The van der Waals surface area contributed by atoms with Gasteiger partial charge in [-0.2, -0.15) is 0 Å². The molecule has 3 nitrogen and oxygen atoms in total. The maximum Gasteiger partial charge on any atom is 0.214 e. The lowest BCUT2D eigenvalue weighted by molar-refractivity contribution is 1.35. The molecule has 62 valence electrons. The van der Waals surface area contributed by atoms with Crippen molar-refractivity contribution < 1.29 is 0 Å². The van der Waals surface area contributed by atoms with Gasteiger partial charge in [0.25, 0.3) is 0 Å². The second-order valence-corrected chi connectivity index (χ2v) is 15.3. The van der Waals surface area contributed by atoms with Gasteiger partial charge in [0.2, 0.25) is 7.55 Å². The van der Waals surface area contributed by atoms with E-state index in [9.17, 15) is 0 Å². The van der Waals surface area contributed by atoms with Crippen molar-refractivity contribution in [1.82, 2.24) is 13.9 Å². The molecule has 3 N–H and O–H groups in total. The van der Waals surface area contributed by atoms with Gasteiger partial charge in [-0.15, -0.1) is 11.1 Å². The molecule has 0 amide bonds. The second-order valence-electron chi connectivity index (χ2n) is 2.61. The number of nitrogens with one attached hydrogen (secondary N) is 3. The summed E-state index contributed by atoms with van der Waals surface area (Å²) in [6, 6.07) is 0. The first-order valence-corrected chi connectivity index (χ1v) is 11.2. The molecule has 0 radical (unpaired) electrons. The van der Waals surface area contributed by atoms with Crippen LogP contribution in [0.1, 0.15) is 0 Å². The van der Waals surface area contributed by atoms with Gasteiger partial charge in [0.1, 0.15) is 0 Å². The normalized spacial score (nSPS) is 14.7. The quantitative estimate of drug-likeness (QED) is 0.267. The van der Waals surface area contributed by atoms with Crippen LogP contribution in [0.3, 0.4) is 0 Å². The molecule has 0 atom stereocenters. The lowest BCUT2D eigenvalue weighted by Gasteiger charge is -2.14. The summed E-state index contributed by atoms with van der Waals surface area (Å²) in [5, 5.41) is 0. The fourth-order valence-corrected chi connectivity index (χ4v) is 8.12. The Labute approximate surface area is 75.9 Å². The third-order valence-corrected chi connectivity index (χ3v) is 9.62. The summed E-state index contributed by atoms with van der Waals surface area (Å²) in [4.78, 5) is 0. The highest BCUT2D eigenvalue weighted by molar-refractivity contribution is 7.19. The molecular formula is C2H16ClN3Si4. The van der Waals surface area contributed by atoms with Gasteiger partial charge in [0.15, 0.2) is 19.7 Å². The van der Waals surface area contributed by atoms with Gasteiger partial charge < -0.3 is 13.9 Å². The van der Waals surface area contributed by atoms with Crippen molar-refractivity contribution in [3.8, 4) is 0 Å². The van der Waals surface area contributed by atoms with Crippen LogP contribution >= 0.6 is 11.1 Å². The fourth-order valence-electron chi connectivity index (χ4n) is 0.460. The molecule has 0 saturated carbocycles. The standard InChI is InChI=1S/C2H16ClN3Si4/c1-10(2,3)6-9-5-8-4-7/h4-6H,8-9H2,1-2,7H3. The Bertz CT molecular complexity index is 85.1. The summed E-state index contributed by atoms with van der Waals surface area (Å²) in [6.45, 7) is 4.22. The second kappa shape index (κ2) is 5.66. The molecule has 0 saturated heterocycles. The van der Waals surface area contributed by atoms with Gasteiger partial charge in [0, 0.05) is 0 Å². The first kappa shape index (κ1) is 11.0. The van der Waals surface area contributed by atoms with E-state index in [-0.39, 0.29) is 19.7 Å². The molecule has 0 aliphatic heterocycles. The molecule has 10 heavy (non-hydrogen) atoms. The monoisotopic (exact) mass is 229 g/mol. The zero-order valence-corrected chi connectivity index (χ0v) is 13.4. The predicted octanol–water partition coefficient (Wildman–Crippen LogP) is -3.03. The van der Waals surface area contributed by atoms with Crippen LogP contribution in [-0.2, 0) is 0 Å². The predicted molar refractivity (Wildman–Crippen MR) is 59.8 cm³/mol. The van der Waals surface area contributed by atoms with Gasteiger partial charge in [0.05, 0.1) is 10.4 Å². The van der Waals surface area contributed by atoms with Crippen molar-refractivity contribution in [2.75, 3.05) is 0 Å². The highest BCUT2D eigenvalue weighted by Crippen LogP contribution is 1.99. The zero-order chi connectivity index (χ0) is 8.04. The maximum absolute atomic E-state index is 6.04. The zero-order valence-electron chi connectivity index (χ0n) is 6.79. The number of hydrogen-bond acceptors (Lipinski definition) is 3. The summed E-state index contributed by atoms with van der Waals surface area (Å²) < 4.78 is 10.1. The lowest BCUT2D eigenvalue weighted by atomic mass is 11.9. The van der Waals surface area contributed by atoms with Crippen molar-refractivity contribution in [3.05, 3.63) is 0 Å². The Morgan fingerprint density at radius 3 is 2.40 bits per heavy atom. The number of hydrogen-bond donors (Lipinski definition) is 3. The van der Waals surface area contributed by atoms with Crippen LogP contribution in [0.25, 0.3) is 0 Å². The SMILES string of the molecule is C[Si](C)(Cl)N[SiH2]N[SiH2]N[SiH3]. The maximum atomic E-state index is 6.04. The van der Waals surface area contributed by atoms with Gasteiger partial charge in [-0.25, -0.2) is 0 Å². The van der Waals surface area contributed by atoms with Crippen LogP contribution in [-0.4, -0.2) is 37.6 Å². The molecule has 0 aromatic carbocycles. The van der Waals surface area contributed by atoms with Gasteiger partial charge >= 0.3 is 0 Å². The molecule has 0 heterocycles. The van der Waals surface area contributed by atoms with Gasteiger partial charge in [-0.1, -0.05) is 0 Å². The average molecular weight is 230 g/mol. The molecule has 0 aliphatic carbocycles. The van der Waals surface area contributed by atoms with Crippen LogP contribution in [0.15, 0.2) is 0 Å². The highest BCUT2D eigenvalue weighted by Gasteiger charge is 2.14. The van der Waals surface area contributed by atoms with Crippen molar-refractivity contribution in [2.24, 2.45) is 0 Å². The Balaban J connectivity index is 3.04. The third kappa shape index (κ3) is 9.04. The van der Waals surface area contributed by atoms with Crippen molar-refractivity contribution in [3.63, 3.8) is 0 Å². The molecule has 0 rings (SSSR count). The number of halogens is 1. The van der Waals surface area contributed by atoms with Gasteiger partial charge in [-0.3, -0.25) is 0 Å². The molecule has 0 aliphatic rings. The van der Waals surface area contributed by atoms with E-state index in [1.165, 1.54) is 0 Å². The number of rotatable bonds is 5. The van der Waals surface area contributed by atoms with E-state index in [1.54, 1.807) is 0 Å².